The number of aliphatic hydroxyl groups excluding tert-OH is 1. The Morgan fingerprint density at radius 1 is 1.62 bits per heavy atom. The SMILES string of the molecule is C[C@H](O)C[C@@H]1COCCN1C(=O)NC[C@@H](C)c1ccsc1. The van der Waals surface area contributed by atoms with Gasteiger partial charge in [0.2, 0.25) is 0 Å². The van der Waals surface area contributed by atoms with Crippen molar-refractivity contribution in [2.45, 2.75) is 38.3 Å². The predicted octanol–water partition coefficient (Wildman–Crippen LogP) is 2.03. The van der Waals surface area contributed by atoms with Crippen LogP contribution in [0.15, 0.2) is 16.8 Å². The van der Waals surface area contributed by atoms with Crippen LogP contribution in [0.25, 0.3) is 0 Å². The van der Waals surface area contributed by atoms with Crippen LogP contribution in [-0.2, 0) is 4.74 Å². The summed E-state index contributed by atoms with van der Waals surface area (Å²) >= 11 is 1.67. The molecule has 0 unspecified atom stereocenters. The van der Waals surface area contributed by atoms with Crippen LogP contribution in [0.4, 0.5) is 4.79 Å². The normalized spacial score (nSPS) is 21.9. The van der Waals surface area contributed by atoms with E-state index in [0.29, 0.717) is 38.6 Å². The van der Waals surface area contributed by atoms with Crippen molar-refractivity contribution in [1.82, 2.24) is 10.2 Å². The Balaban J connectivity index is 1.85. The molecule has 2 heterocycles. The standard InChI is InChI=1S/C15H24N2O3S/c1-11(13-3-6-21-10-13)8-16-15(19)17-4-5-20-9-14(17)7-12(2)18/h3,6,10-12,14,18H,4-5,7-9H2,1-2H3,(H,16,19)/t11-,12+,14-/m1/s1. The van der Waals surface area contributed by atoms with E-state index in [1.54, 1.807) is 23.2 Å². The van der Waals surface area contributed by atoms with Crippen LogP contribution in [-0.4, -0.2) is 54.5 Å². The lowest BCUT2D eigenvalue weighted by molar-refractivity contribution is -0.00432. The monoisotopic (exact) mass is 312 g/mol. The molecule has 0 aliphatic carbocycles. The Hall–Kier alpha value is -1.11. The van der Waals surface area contributed by atoms with Crippen LogP contribution < -0.4 is 5.32 Å². The second-order valence-corrected chi connectivity index (χ2v) is 6.43. The molecule has 0 saturated carbocycles. The molecule has 5 nitrogen and oxygen atoms in total. The fourth-order valence-electron chi connectivity index (χ4n) is 2.53. The first-order valence-corrected chi connectivity index (χ1v) is 8.34. The molecule has 1 aromatic rings. The number of nitrogens with one attached hydrogen (secondary N) is 1. The number of carbonyl (C=O) groups excluding carboxylic acids is 1. The molecular formula is C15H24N2O3S. The van der Waals surface area contributed by atoms with Crippen LogP contribution in [0, 0.1) is 0 Å². The average molecular weight is 312 g/mol. The summed E-state index contributed by atoms with van der Waals surface area (Å²) in [5.74, 6) is 0.302. The summed E-state index contributed by atoms with van der Waals surface area (Å²) in [6.45, 7) is 6.10. The van der Waals surface area contributed by atoms with Crippen molar-refractivity contribution in [3.8, 4) is 0 Å². The molecule has 1 aromatic heterocycles. The number of hydrogen-bond donors (Lipinski definition) is 2. The van der Waals surface area contributed by atoms with E-state index in [9.17, 15) is 9.90 Å². The smallest absolute Gasteiger partial charge is 0.317 e. The number of ether oxygens (including phenoxy) is 1. The van der Waals surface area contributed by atoms with Crippen LogP contribution in [0.2, 0.25) is 0 Å². The lowest BCUT2D eigenvalue weighted by atomic mass is 10.1. The zero-order valence-corrected chi connectivity index (χ0v) is 13.4. The predicted molar refractivity (Wildman–Crippen MR) is 83.7 cm³/mol. The number of carbonyl (C=O) groups is 1. The van der Waals surface area contributed by atoms with Gasteiger partial charge in [0.1, 0.15) is 0 Å². The van der Waals surface area contributed by atoms with Gasteiger partial charge in [0.15, 0.2) is 0 Å². The fourth-order valence-corrected chi connectivity index (χ4v) is 3.31. The molecule has 0 radical (unpaired) electrons. The molecular weight excluding hydrogens is 288 g/mol. The maximum absolute atomic E-state index is 12.3. The molecule has 21 heavy (non-hydrogen) atoms. The first-order valence-electron chi connectivity index (χ1n) is 7.40. The lowest BCUT2D eigenvalue weighted by Crippen LogP contribution is -2.53. The summed E-state index contributed by atoms with van der Waals surface area (Å²) in [5, 5.41) is 16.7. The van der Waals surface area contributed by atoms with E-state index in [4.69, 9.17) is 4.74 Å². The number of nitrogens with zero attached hydrogens (tertiary/aromatic N) is 1. The van der Waals surface area contributed by atoms with Gasteiger partial charge in [-0.3, -0.25) is 0 Å². The Morgan fingerprint density at radius 2 is 2.43 bits per heavy atom. The highest BCUT2D eigenvalue weighted by atomic mass is 32.1. The van der Waals surface area contributed by atoms with Crippen molar-refractivity contribution in [2.75, 3.05) is 26.3 Å². The van der Waals surface area contributed by atoms with Crippen molar-refractivity contribution in [1.29, 1.82) is 0 Å². The molecule has 6 heteroatoms. The van der Waals surface area contributed by atoms with Crippen molar-refractivity contribution >= 4 is 17.4 Å². The molecule has 1 aliphatic heterocycles. The number of morpholine rings is 1. The van der Waals surface area contributed by atoms with E-state index < -0.39 is 6.10 Å². The average Bonchev–Trinajstić information content (AvgIpc) is 2.98. The van der Waals surface area contributed by atoms with E-state index in [1.165, 1.54) is 5.56 Å². The lowest BCUT2D eigenvalue weighted by Gasteiger charge is -2.36. The maximum Gasteiger partial charge on any atom is 0.317 e. The van der Waals surface area contributed by atoms with Crippen molar-refractivity contribution < 1.29 is 14.6 Å². The van der Waals surface area contributed by atoms with Crippen molar-refractivity contribution in [3.05, 3.63) is 22.4 Å². The highest BCUT2D eigenvalue weighted by molar-refractivity contribution is 7.07. The zero-order valence-electron chi connectivity index (χ0n) is 12.6. The molecule has 2 amide bonds. The minimum absolute atomic E-state index is 0.0461. The molecule has 0 bridgehead atoms. The molecule has 2 rings (SSSR count). The number of amides is 2. The summed E-state index contributed by atoms with van der Waals surface area (Å²) in [5.41, 5.74) is 1.25. The van der Waals surface area contributed by atoms with E-state index in [0.717, 1.165) is 0 Å². The van der Waals surface area contributed by atoms with Gasteiger partial charge in [-0.1, -0.05) is 6.92 Å². The number of aliphatic hydroxyl groups is 1. The largest absolute Gasteiger partial charge is 0.393 e. The first kappa shape index (κ1) is 16.3. The molecule has 0 aromatic carbocycles. The third kappa shape index (κ3) is 4.69. The topological polar surface area (TPSA) is 61.8 Å². The van der Waals surface area contributed by atoms with Gasteiger partial charge in [0, 0.05) is 13.1 Å². The summed E-state index contributed by atoms with van der Waals surface area (Å²) < 4.78 is 5.42. The van der Waals surface area contributed by atoms with E-state index in [2.05, 4.69) is 23.7 Å². The van der Waals surface area contributed by atoms with Gasteiger partial charge in [-0.2, -0.15) is 11.3 Å². The van der Waals surface area contributed by atoms with Gasteiger partial charge in [0.25, 0.3) is 0 Å². The second-order valence-electron chi connectivity index (χ2n) is 5.65. The van der Waals surface area contributed by atoms with Crippen LogP contribution in [0.5, 0.6) is 0 Å². The van der Waals surface area contributed by atoms with Gasteiger partial charge < -0.3 is 20.1 Å². The van der Waals surface area contributed by atoms with Gasteiger partial charge >= 0.3 is 6.03 Å². The van der Waals surface area contributed by atoms with Gasteiger partial charge in [-0.25, -0.2) is 4.79 Å². The van der Waals surface area contributed by atoms with Crippen molar-refractivity contribution in [3.63, 3.8) is 0 Å². The molecule has 0 spiro atoms. The molecule has 2 N–H and O–H groups in total. The highest BCUT2D eigenvalue weighted by Gasteiger charge is 2.28. The molecule has 118 valence electrons. The zero-order chi connectivity index (χ0) is 15.2. The quantitative estimate of drug-likeness (QED) is 0.874. The maximum atomic E-state index is 12.3. The number of urea groups is 1. The highest BCUT2D eigenvalue weighted by Crippen LogP contribution is 2.18. The van der Waals surface area contributed by atoms with E-state index in [1.807, 2.05) is 5.38 Å². The van der Waals surface area contributed by atoms with Gasteiger partial charge in [0.05, 0.1) is 25.4 Å². The Labute approximate surface area is 129 Å². The summed E-state index contributed by atoms with van der Waals surface area (Å²) in [7, 11) is 0. The molecule has 1 aliphatic rings. The molecule has 1 saturated heterocycles. The van der Waals surface area contributed by atoms with Crippen LogP contribution >= 0.6 is 11.3 Å². The van der Waals surface area contributed by atoms with Crippen LogP contribution in [0.1, 0.15) is 31.7 Å². The van der Waals surface area contributed by atoms with Gasteiger partial charge in [-0.05, 0) is 41.7 Å². The minimum Gasteiger partial charge on any atom is -0.393 e. The Morgan fingerprint density at radius 3 is 3.10 bits per heavy atom. The summed E-state index contributed by atoms with van der Waals surface area (Å²) in [6, 6.07) is 1.98. The minimum atomic E-state index is -0.434. The van der Waals surface area contributed by atoms with Crippen LogP contribution in [0.3, 0.4) is 0 Å². The first-order chi connectivity index (χ1) is 10.1. The number of rotatable bonds is 5. The Kier molecular flexibility index (Phi) is 6.02. The second kappa shape index (κ2) is 7.77. The third-order valence-corrected chi connectivity index (χ3v) is 4.47. The number of thiophene rings is 1. The van der Waals surface area contributed by atoms with E-state index >= 15 is 0 Å². The third-order valence-electron chi connectivity index (χ3n) is 3.77. The van der Waals surface area contributed by atoms with Gasteiger partial charge in [-0.15, -0.1) is 0 Å². The summed E-state index contributed by atoms with van der Waals surface area (Å²) in [4.78, 5) is 14.1. The van der Waals surface area contributed by atoms with E-state index in [-0.39, 0.29) is 12.1 Å². The molecule has 1 fully saturated rings. The fraction of sp³-hybridized carbons (Fsp3) is 0.667. The summed E-state index contributed by atoms with van der Waals surface area (Å²) in [6.07, 6.45) is 0.116. The molecule has 3 atom stereocenters. The van der Waals surface area contributed by atoms with Crippen molar-refractivity contribution in [2.24, 2.45) is 0 Å². The number of hydrogen-bond acceptors (Lipinski definition) is 4. The Bertz CT molecular complexity index is 436.